The molecule has 7 nitrogen and oxygen atoms in total. The van der Waals surface area contributed by atoms with Gasteiger partial charge in [0.25, 0.3) is 0 Å². The van der Waals surface area contributed by atoms with Crippen molar-refractivity contribution in [2.45, 2.75) is 57.9 Å². The van der Waals surface area contributed by atoms with Crippen LogP contribution in [-0.4, -0.2) is 63.0 Å². The van der Waals surface area contributed by atoms with E-state index in [0.29, 0.717) is 17.4 Å². The van der Waals surface area contributed by atoms with E-state index in [1.54, 1.807) is 22.9 Å². The molecule has 2 saturated heterocycles. The van der Waals surface area contributed by atoms with Crippen molar-refractivity contribution in [1.29, 1.82) is 0 Å². The molecular weight excluding hydrogens is 433 g/mol. The number of likely N-dealkylation sites (tertiary alicyclic amines) is 1. The van der Waals surface area contributed by atoms with Crippen LogP contribution in [0.4, 0.5) is 10.1 Å². The zero-order valence-electron chi connectivity index (χ0n) is 19.9. The predicted molar refractivity (Wildman–Crippen MR) is 131 cm³/mol. The third kappa shape index (κ3) is 4.27. The number of carboxylic acid groups (broad SMARTS) is 1. The van der Waals surface area contributed by atoms with Gasteiger partial charge in [-0.1, -0.05) is 20.3 Å². The molecule has 2 aliphatic heterocycles. The smallest absolute Gasteiger partial charge is 0.354 e. The monoisotopic (exact) mass is 465 g/mol. The average molecular weight is 466 g/mol. The van der Waals surface area contributed by atoms with Crippen LogP contribution in [0.25, 0.3) is 16.7 Å². The third-order valence-corrected chi connectivity index (χ3v) is 7.19. The van der Waals surface area contributed by atoms with Crippen molar-refractivity contribution < 1.29 is 14.3 Å². The number of fused-ring (bicyclic) bond motifs is 1. The molecule has 0 spiro atoms. The number of pyridine rings is 1. The number of anilines is 1. The van der Waals surface area contributed by atoms with Crippen molar-refractivity contribution in [2.24, 2.45) is 0 Å². The van der Waals surface area contributed by atoms with Crippen molar-refractivity contribution in [3.05, 3.63) is 47.5 Å². The number of benzene rings is 1. The Bertz CT molecular complexity index is 1180. The lowest BCUT2D eigenvalue weighted by Gasteiger charge is -2.41. The molecule has 2 aromatic heterocycles. The minimum atomic E-state index is -1.07. The van der Waals surface area contributed by atoms with E-state index in [1.165, 1.54) is 44.5 Å². The minimum Gasteiger partial charge on any atom is -0.477 e. The van der Waals surface area contributed by atoms with Gasteiger partial charge in [-0.05, 0) is 75.0 Å². The molecule has 2 aliphatic rings. The summed E-state index contributed by atoms with van der Waals surface area (Å²) in [5, 5.41) is 15.6. The van der Waals surface area contributed by atoms with E-state index in [1.807, 2.05) is 0 Å². The second-order valence-electron chi connectivity index (χ2n) is 9.77. The second-order valence-corrected chi connectivity index (χ2v) is 9.77. The van der Waals surface area contributed by atoms with Crippen molar-refractivity contribution in [3.8, 4) is 5.69 Å². The predicted octanol–water partition coefficient (Wildman–Crippen LogP) is 4.84. The number of halogens is 1. The summed E-state index contributed by atoms with van der Waals surface area (Å²) in [6.45, 7) is 8.28. The Morgan fingerprint density at radius 2 is 1.74 bits per heavy atom. The van der Waals surface area contributed by atoms with Crippen LogP contribution >= 0.6 is 0 Å². The van der Waals surface area contributed by atoms with Gasteiger partial charge in [0, 0.05) is 19.1 Å². The molecule has 0 bridgehead atoms. The maximum atomic E-state index is 13.6. The van der Waals surface area contributed by atoms with Gasteiger partial charge < -0.3 is 14.9 Å². The Hall–Kier alpha value is -3.00. The van der Waals surface area contributed by atoms with E-state index in [9.17, 15) is 14.3 Å². The van der Waals surface area contributed by atoms with E-state index < -0.39 is 5.97 Å². The van der Waals surface area contributed by atoms with Crippen LogP contribution in [0.1, 0.15) is 68.1 Å². The summed E-state index contributed by atoms with van der Waals surface area (Å²) in [5.74, 6) is -1.28. The van der Waals surface area contributed by atoms with Crippen molar-refractivity contribution in [2.75, 3.05) is 31.1 Å². The molecule has 0 unspecified atom stereocenters. The molecule has 180 valence electrons. The molecule has 0 aliphatic carbocycles. The molecule has 1 N–H and O–H groups in total. The molecule has 8 heteroatoms. The second kappa shape index (κ2) is 9.33. The van der Waals surface area contributed by atoms with Crippen molar-refractivity contribution in [3.63, 3.8) is 0 Å². The summed E-state index contributed by atoms with van der Waals surface area (Å²) in [4.78, 5) is 21.4. The van der Waals surface area contributed by atoms with Crippen LogP contribution in [-0.2, 0) is 0 Å². The molecule has 3 aromatic rings. The fraction of sp³-hybridized carbons (Fsp3) is 0.500. The van der Waals surface area contributed by atoms with E-state index in [-0.39, 0.29) is 17.4 Å². The number of aromatic nitrogens is 3. The lowest BCUT2D eigenvalue weighted by atomic mass is 9.98. The zero-order chi connectivity index (χ0) is 23.8. The Balaban J connectivity index is 1.57. The fourth-order valence-electron chi connectivity index (χ4n) is 5.40. The van der Waals surface area contributed by atoms with Gasteiger partial charge in [-0.2, -0.15) is 5.10 Å². The van der Waals surface area contributed by atoms with Crippen LogP contribution in [0.15, 0.2) is 30.3 Å². The Kier molecular flexibility index (Phi) is 6.25. The number of hydrogen-bond acceptors (Lipinski definition) is 5. The summed E-state index contributed by atoms with van der Waals surface area (Å²) in [5.41, 5.74) is 2.92. The van der Waals surface area contributed by atoms with Gasteiger partial charge in [0.1, 0.15) is 5.82 Å². The van der Waals surface area contributed by atoms with E-state index >= 15 is 0 Å². The Morgan fingerprint density at radius 3 is 2.35 bits per heavy atom. The summed E-state index contributed by atoms with van der Waals surface area (Å²) in [6.07, 6.45) is 6.03. The number of carboxylic acids is 1. The molecule has 1 aromatic carbocycles. The van der Waals surface area contributed by atoms with Gasteiger partial charge in [0.15, 0.2) is 11.3 Å². The number of carbonyl (C=O) groups is 1. The largest absolute Gasteiger partial charge is 0.477 e. The normalized spacial score (nSPS) is 18.2. The Morgan fingerprint density at radius 1 is 1.06 bits per heavy atom. The fourth-order valence-corrected chi connectivity index (χ4v) is 5.40. The standard InChI is InChI=1S/C26H32FN5O2/c1-17(2)24-23-22(31-14-10-19(11-15-31)30-12-4-3-5-13-30)16-21(26(33)34)28-25(23)32(29-24)20-8-6-18(27)7-9-20/h6-9,16-17,19H,3-5,10-15H2,1-2H3,(H,33,34). The number of hydrogen-bond donors (Lipinski definition) is 1. The number of nitrogens with zero attached hydrogens (tertiary/aromatic N) is 5. The summed E-state index contributed by atoms with van der Waals surface area (Å²) in [6, 6.07) is 8.35. The van der Waals surface area contributed by atoms with E-state index in [4.69, 9.17) is 5.10 Å². The van der Waals surface area contributed by atoms with Gasteiger partial charge in [0.05, 0.1) is 22.5 Å². The minimum absolute atomic E-state index is 0.000721. The SMILES string of the molecule is CC(C)c1nn(-c2ccc(F)cc2)c2nc(C(=O)O)cc(N3CCC(N4CCCCC4)CC3)c12. The highest BCUT2D eigenvalue weighted by atomic mass is 19.1. The molecule has 34 heavy (non-hydrogen) atoms. The number of piperidine rings is 2. The number of rotatable bonds is 5. The lowest BCUT2D eigenvalue weighted by Crippen LogP contribution is -2.46. The first-order chi connectivity index (χ1) is 16.4. The maximum Gasteiger partial charge on any atom is 0.354 e. The first-order valence-corrected chi connectivity index (χ1v) is 12.3. The summed E-state index contributed by atoms with van der Waals surface area (Å²) in [7, 11) is 0. The first-order valence-electron chi connectivity index (χ1n) is 12.3. The molecule has 0 amide bonds. The lowest BCUT2D eigenvalue weighted by molar-refractivity contribution is 0.0691. The summed E-state index contributed by atoms with van der Waals surface area (Å²) >= 11 is 0. The highest BCUT2D eigenvalue weighted by Crippen LogP contribution is 2.36. The highest BCUT2D eigenvalue weighted by molar-refractivity contribution is 5.98. The molecule has 2 fully saturated rings. The van der Waals surface area contributed by atoms with Gasteiger partial charge >= 0.3 is 5.97 Å². The molecular formula is C26H32FN5O2. The average Bonchev–Trinajstić information content (AvgIpc) is 3.25. The van der Waals surface area contributed by atoms with Crippen LogP contribution in [0.3, 0.4) is 0 Å². The van der Waals surface area contributed by atoms with Gasteiger partial charge in [-0.3, -0.25) is 0 Å². The van der Waals surface area contributed by atoms with E-state index in [2.05, 4.69) is 28.6 Å². The molecule has 4 heterocycles. The third-order valence-electron chi connectivity index (χ3n) is 7.19. The highest BCUT2D eigenvalue weighted by Gasteiger charge is 2.29. The van der Waals surface area contributed by atoms with Gasteiger partial charge in [0.2, 0.25) is 0 Å². The van der Waals surface area contributed by atoms with Crippen LogP contribution in [0.5, 0.6) is 0 Å². The first kappa shape index (κ1) is 22.8. The molecule has 5 rings (SSSR count). The number of aromatic carboxylic acids is 1. The Labute approximate surface area is 199 Å². The van der Waals surface area contributed by atoms with Crippen LogP contribution in [0, 0.1) is 5.82 Å². The van der Waals surface area contributed by atoms with Crippen LogP contribution < -0.4 is 4.90 Å². The van der Waals surface area contributed by atoms with Crippen molar-refractivity contribution in [1.82, 2.24) is 19.7 Å². The maximum absolute atomic E-state index is 13.6. The van der Waals surface area contributed by atoms with E-state index in [0.717, 1.165) is 42.7 Å². The quantitative estimate of drug-likeness (QED) is 0.581. The van der Waals surface area contributed by atoms with Gasteiger partial charge in [-0.15, -0.1) is 0 Å². The van der Waals surface area contributed by atoms with Crippen LogP contribution in [0.2, 0.25) is 0 Å². The zero-order valence-corrected chi connectivity index (χ0v) is 19.9. The molecule has 0 saturated carbocycles. The van der Waals surface area contributed by atoms with Crippen molar-refractivity contribution >= 4 is 22.7 Å². The molecule has 0 atom stereocenters. The topological polar surface area (TPSA) is 74.5 Å². The molecule has 0 radical (unpaired) electrons. The van der Waals surface area contributed by atoms with Gasteiger partial charge in [-0.25, -0.2) is 18.9 Å². The summed E-state index contributed by atoms with van der Waals surface area (Å²) < 4.78 is 15.2.